The number of hydrogen-bond donors (Lipinski definition) is 3. The molecular formula is C36H38N4O8. The van der Waals surface area contributed by atoms with Crippen molar-refractivity contribution < 1.29 is 39.1 Å². The highest BCUT2D eigenvalue weighted by Gasteiger charge is 2.53. The van der Waals surface area contributed by atoms with Gasteiger partial charge >= 0.3 is 11.9 Å². The molecule has 2 heterocycles. The van der Waals surface area contributed by atoms with Gasteiger partial charge in [-0.2, -0.15) is 10.5 Å². The number of esters is 1. The van der Waals surface area contributed by atoms with Gasteiger partial charge in [0.25, 0.3) is 0 Å². The highest BCUT2D eigenvalue weighted by molar-refractivity contribution is 6.01. The van der Waals surface area contributed by atoms with E-state index in [1.165, 1.54) is 0 Å². The third-order valence-corrected chi connectivity index (χ3v) is 8.12. The Kier molecular flexibility index (Phi) is 12.3. The molecule has 4 rings (SSSR count). The summed E-state index contributed by atoms with van der Waals surface area (Å²) in [7, 11) is 3.15. The topological polar surface area (TPSA) is 195 Å². The number of ether oxygens (including phenoxy) is 3. The zero-order valence-electron chi connectivity index (χ0n) is 27.7. The van der Waals surface area contributed by atoms with Gasteiger partial charge in [-0.05, 0) is 75.4 Å². The van der Waals surface area contributed by atoms with Crippen LogP contribution in [0.3, 0.4) is 0 Å². The van der Waals surface area contributed by atoms with Crippen LogP contribution in [0.15, 0.2) is 64.9 Å². The second-order valence-electron chi connectivity index (χ2n) is 10.8. The molecule has 3 aromatic rings. The number of aliphatic carboxylic acids is 1. The van der Waals surface area contributed by atoms with Crippen molar-refractivity contribution in [3.63, 3.8) is 0 Å². The van der Waals surface area contributed by atoms with Crippen LogP contribution in [-0.2, 0) is 22.4 Å². The van der Waals surface area contributed by atoms with E-state index in [1.807, 2.05) is 36.4 Å². The van der Waals surface area contributed by atoms with Gasteiger partial charge in [-0.25, -0.2) is 4.79 Å². The molecule has 0 aliphatic carbocycles. The molecule has 48 heavy (non-hydrogen) atoms. The molecule has 2 unspecified atom stereocenters. The predicted octanol–water partition coefficient (Wildman–Crippen LogP) is 5.97. The van der Waals surface area contributed by atoms with Crippen molar-refractivity contribution in [2.75, 3.05) is 20.8 Å². The number of carbonyl (C=O) groups is 2. The van der Waals surface area contributed by atoms with Gasteiger partial charge in [0, 0.05) is 0 Å². The molecule has 12 nitrogen and oxygen atoms in total. The average Bonchev–Trinajstić information content (AvgIpc) is 3.09. The maximum Gasteiger partial charge on any atom is 0.341 e. The Balaban J connectivity index is 0.000000261. The molecule has 1 aliphatic rings. The van der Waals surface area contributed by atoms with E-state index in [1.54, 1.807) is 66.2 Å². The number of benzene rings is 2. The van der Waals surface area contributed by atoms with Crippen LogP contribution in [0.5, 0.6) is 17.2 Å². The number of aromatic hydroxyl groups is 1. The molecule has 0 spiro atoms. The Morgan fingerprint density at radius 2 is 1.50 bits per heavy atom. The van der Waals surface area contributed by atoms with E-state index in [9.17, 15) is 35.4 Å². The number of rotatable bonds is 10. The van der Waals surface area contributed by atoms with Crippen molar-refractivity contribution in [1.29, 1.82) is 10.5 Å². The lowest BCUT2D eigenvalue weighted by atomic mass is 9.67. The maximum absolute atomic E-state index is 12.3. The van der Waals surface area contributed by atoms with E-state index < -0.39 is 23.4 Å². The Morgan fingerprint density at radius 3 is 1.98 bits per heavy atom. The van der Waals surface area contributed by atoms with Gasteiger partial charge in [0.2, 0.25) is 0 Å². The van der Waals surface area contributed by atoms with E-state index in [0.717, 1.165) is 11.3 Å². The fourth-order valence-electron chi connectivity index (χ4n) is 5.46. The molecule has 0 saturated carbocycles. The van der Waals surface area contributed by atoms with Gasteiger partial charge in [-0.1, -0.05) is 31.2 Å². The fourth-order valence-corrected chi connectivity index (χ4v) is 5.46. The standard InChI is InChI=1S/C19H20N2O4.C17H18N2O4/c1-4-25-19(23)17-15(11-20)18(22)12(2)21-16(17)10-7-13-5-8-14(24-3)9-6-13;1-4-17(16(21)22)13(9-18)14(20)10(2)19-15(17)11-5-7-12(23-3)8-6-11/h5-6,8-9,22H,4,7,10H2,1-3H3;5-8,15,20H,4H2,1-3H3,(H,21,22). The first-order valence-electron chi connectivity index (χ1n) is 15.1. The van der Waals surface area contributed by atoms with Crippen molar-refractivity contribution in [2.24, 2.45) is 10.4 Å². The Hall–Kier alpha value is -5.88. The summed E-state index contributed by atoms with van der Waals surface area (Å²) < 4.78 is 15.3. The quantitative estimate of drug-likeness (QED) is 0.218. The number of carboxylic acids is 1. The molecule has 1 aromatic heterocycles. The monoisotopic (exact) mass is 654 g/mol. The largest absolute Gasteiger partial charge is 0.505 e. The third-order valence-electron chi connectivity index (χ3n) is 8.12. The zero-order valence-corrected chi connectivity index (χ0v) is 27.7. The van der Waals surface area contributed by atoms with Crippen LogP contribution in [0.4, 0.5) is 0 Å². The van der Waals surface area contributed by atoms with Gasteiger partial charge in [0.15, 0.2) is 11.5 Å². The molecule has 3 N–H and O–H groups in total. The summed E-state index contributed by atoms with van der Waals surface area (Å²) in [6, 6.07) is 17.4. The van der Waals surface area contributed by atoms with Gasteiger partial charge in [0.1, 0.15) is 34.1 Å². The number of dihydropyridines is 1. The molecular weight excluding hydrogens is 616 g/mol. The number of pyridine rings is 1. The van der Waals surface area contributed by atoms with Crippen molar-refractivity contribution in [3.8, 4) is 29.4 Å². The van der Waals surface area contributed by atoms with E-state index in [0.29, 0.717) is 35.5 Å². The average molecular weight is 655 g/mol. The lowest BCUT2D eigenvalue weighted by Gasteiger charge is -2.37. The fraction of sp³-hybridized carbons (Fsp3) is 0.333. The van der Waals surface area contributed by atoms with Gasteiger partial charge < -0.3 is 29.5 Å². The summed E-state index contributed by atoms with van der Waals surface area (Å²) in [6.07, 6.45) is 1.19. The molecule has 0 amide bonds. The van der Waals surface area contributed by atoms with Gasteiger partial charge in [-0.3, -0.25) is 14.8 Å². The first kappa shape index (κ1) is 36.6. The summed E-state index contributed by atoms with van der Waals surface area (Å²) in [4.78, 5) is 33.0. The van der Waals surface area contributed by atoms with Gasteiger partial charge in [0.05, 0.1) is 55.6 Å². The number of hydrogen-bond acceptors (Lipinski definition) is 11. The molecule has 0 saturated heterocycles. The Bertz CT molecular complexity index is 1800. The minimum atomic E-state index is -1.59. The summed E-state index contributed by atoms with van der Waals surface area (Å²) in [6.45, 7) is 6.69. The number of nitriles is 2. The minimum Gasteiger partial charge on any atom is -0.505 e. The van der Waals surface area contributed by atoms with E-state index >= 15 is 0 Å². The van der Waals surface area contributed by atoms with Crippen LogP contribution in [0.2, 0.25) is 0 Å². The van der Waals surface area contributed by atoms with Crippen LogP contribution < -0.4 is 9.47 Å². The van der Waals surface area contributed by atoms with E-state index in [2.05, 4.69) is 9.98 Å². The minimum absolute atomic E-state index is 0.0426. The smallest absolute Gasteiger partial charge is 0.341 e. The number of aliphatic hydroxyl groups is 1. The Morgan fingerprint density at radius 1 is 0.917 bits per heavy atom. The number of aliphatic hydroxyl groups excluding tert-OH is 1. The maximum atomic E-state index is 12.3. The molecule has 2 aromatic carbocycles. The number of methoxy groups -OCH3 is 2. The highest BCUT2D eigenvalue weighted by atomic mass is 16.5. The molecule has 0 fully saturated rings. The lowest BCUT2D eigenvalue weighted by Crippen LogP contribution is -2.41. The summed E-state index contributed by atoms with van der Waals surface area (Å²) >= 11 is 0. The number of aliphatic imine (C=N–C) groups is 1. The van der Waals surface area contributed by atoms with E-state index in [-0.39, 0.29) is 46.9 Å². The number of nitrogens with zero attached hydrogens (tertiary/aromatic N) is 4. The van der Waals surface area contributed by atoms with Crippen LogP contribution in [0.25, 0.3) is 0 Å². The van der Waals surface area contributed by atoms with Crippen LogP contribution in [0.1, 0.15) is 71.7 Å². The van der Waals surface area contributed by atoms with Crippen molar-refractivity contribution in [2.45, 2.75) is 53.0 Å². The summed E-state index contributed by atoms with van der Waals surface area (Å²) in [5, 5.41) is 48.8. The number of aromatic nitrogens is 1. The van der Waals surface area contributed by atoms with Crippen LogP contribution in [0, 0.1) is 35.0 Å². The van der Waals surface area contributed by atoms with Gasteiger partial charge in [-0.15, -0.1) is 0 Å². The molecule has 250 valence electrons. The molecule has 2 atom stereocenters. The molecule has 12 heteroatoms. The SMILES string of the molecule is CCC1(C(=O)O)C(C#N)=C(O)C(C)=NC1c1ccc(OC)cc1.CCOC(=O)c1c(CCc2ccc(OC)cc2)nc(C)c(O)c1C#N. The molecule has 0 bridgehead atoms. The number of carbonyl (C=O) groups excluding carboxylic acids is 1. The summed E-state index contributed by atoms with van der Waals surface area (Å²) in [5.41, 5.74) is 0.921. The first-order valence-corrected chi connectivity index (χ1v) is 15.1. The number of carboxylic acid groups (broad SMARTS) is 1. The first-order chi connectivity index (χ1) is 22.9. The lowest BCUT2D eigenvalue weighted by molar-refractivity contribution is -0.148. The summed E-state index contributed by atoms with van der Waals surface area (Å²) in [5.74, 6) is -1.05. The van der Waals surface area contributed by atoms with Crippen molar-refractivity contribution >= 4 is 17.7 Å². The highest BCUT2D eigenvalue weighted by Crippen LogP contribution is 2.49. The van der Waals surface area contributed by atoms with Crippen LogP contribution >= 0.6 is 0 Å². The predicted molar refractivity (Wildman–Crippen MR) is 176 cm³/mol. The molecule has 1 aliphatic heterocycles. The normalized spacial score (nSPS) is 16.8. The van der Waals surface area contributed by atoms with Crippen molar-refractivity contribution in [1.82, 2.24) is 4.98 Å². The third kappa shape index (κ3) is 7.39. The second kappa shape index (κ2) is 16.1. The molecule has 0 radical (unpaired) electrons. The number of allylic oxidation sites excluding steroid dienone is 1. The Labute approximate surface area is 279 Å². The van der Waals surface area contributed by atoms with Crippen LogP contribution in [-0.4, -0.2) is 58.8 Å². The zero-order chi connectivity index (χ0) is 35.6. The van der Waals surface area contributed by atoms with E-state index in [4.69, 9.17) is 14.2 Å². The second-order valence-corrected chi connectivity index (χ2v) is 10.8. The van der Waals surface area contributed by atoms with Crippen molar-refractivity contribution in [3.05, 3.63) is 93.5 Å². The number of aryl methyl sites for hydroxylation is 3.